The number of hydrogen-bond donors (Lipinski definition) is 2. The lowest BCUT2D eigenvalue weighted by atomic mass is 10.1. The molecule has 0 aromatic heterocycles. The molecular formula is C26H25N3O4. The van der Waals surface area contributed by atoms with Crippen molar-refractivity contribution in [3.63, 3.8) is 0 Å². The van der Waals surface area contributed by atoms with E-state index in [1.54, 1.807) is 42.3 Å². The Bertz CT molecular complexity index is 1180. The Kier molecular flexibility index (Phi) is 6.40. The minimum absolute atomic E-state index is 0.0322. The van der Waals surface area contributed by atoms with Crippen LogP contribution < -0.4 is 15.4 Å². The van der Waals surface area contributed by atoms with Crippen molar-refractivity contribution in [1.29, 1.82) is 0 Å². The van der Waals surface area contributed by atoms with Crippen LogP contribution in [0.5, 0.6) is 5.75 Å². The quantitative estimate of drug-likeness (QED) is 0.606. The van der Waals surface area contributed by atoms with E-state index in [0.717, 1.165) is 16.9 Å². The number of anilines is 2. The monoisotopic (exact) mass is 443 g/mol. The number of rotatable bonds is 6. The summed E-state index contributed by atoms with van der Waals surface area (Å²) in [5, 5.41) is 5.71. The first kappa shape index (κ1) is 22.1. The first-order chi connectivity index (χ1) is 15.9. The number of amides is 3. The van der Waals surface area contributed by atoms with Crippen LogP contribution in [0.2, 0.25) is 0 Å². The predicted molar refractivity (Wildman–Crippen MR) is 126 cm³/mol. The summed E-state index contributed by atoms with van der Waals surface area (Å²) < 4.78 is 5.74. The van der Waals surface area contributed by atoms with Crippen molar-refractivity contribution in [3.05, 3.63) is 89.5 Å². The van der Waals surface area contributed by atoms with Gasteiger partial charge in [0.2, 0.25) is 5.91 Å². The van der Waals surface area contributed by atoms with Crippen molar-refractivity contribution < 1.29 is 19.1 Å². The van der Waals surface area contributed by atoms with E-state index >= 15 is 0 Å². The smallest absolute Gasteiger partial charge is 0.265 e. The highest BCUT2D eigenvalue weighted by molar-refractivity contribution is 6.05. The fourth-order valence-electron chi connectivity index (χ4n) is 3.63. The van der Waals surface area contributed by atoms with Crippen LogP contribution in [0, 0.1) is 0 Å². The molecule has 7 nitrogen and oxygen atoms in total. The fourth-order valence-corrected chi connectivity index (χ4v) is 3.63. The Morgan fingerprint density at radius 1 is 0.939 bits per heavy atom. The maximum Gasteiger partial charge on any atom is 0.265 e. The molecule has 0 bridgehead atoms. The summed E-state index contributed by atoms with van der Waals surface area (Å²) in [6, 6.07) is 21.7. The molecule has 1 heterocycles. The van der Waals surface area contributed by atoms with Gasteiger partial charge in [0.15, 0.2) is 6.10 Å². The van der Waals surface area contributed by atoms with Gasteiger partial charge in [-0.15, -0.1) is 0 Å². The average Bonchev–Trinajstić information content (AvgIpc) is 3.24. The molecule has 0 fully saturated rings. The minimum Gasteiger partial charge on any atom is -0.480 e. The summed E-state index contributed by atoms with van der Waals surface area (Å²) in [4.78, 5) is 38.5. The van der Waals surface area contributed by atoms with E-state index in [-0.39, 0.29) is 17.7 Å². The van der Waals surface area contributed by atoms with Crippen molar-refractivity contribution in [1.82, 2.24) is 4.90 Å². The third-order valence-corrected chi connectivity index (χ3v) is 5.47. The van der Waals surface area contributed by atoms with Crippen LogP contribution in [-0.4, -0.2) is 35.8 Å². The van der Waals surface area contributed by atoms with Gasteiger partial charge in [0.25, 0.3) is 11.8 Å². The van der Waals surface area contributed by atoms with Crippen molar-refractivity contribution in [2.24, 2.45) is 0 Å². The second-order valence-corrected chi connectivity index (χ2v) is 8.02. The largest absolute Gasteiger partial charge is 0.480 e. The topological polar surface area (TPSA) is 87.7 Å². The van der Waals surface area contributed by atoms with E-state index in [1.807, 2.05) is 42.5 Å². The van der Waals surface area contributed by atoms with Gasteiger partial charge in [0.05, 0.1) is 0 Å². The number of carbonyl (C=O) groups excluding carboxylic acids is 3. The summed E-state index contributed by atoms with van der Waals surface area (Å²) >= 11 is 0. The molecule has 1 unspecified atom stereocenters. The molecule has 1 aliphatic rings. The Labute approximate surface area is 192 Å². The first-order valence-corrected chi connectivity index (χ1v) is 10.7. The average molecular weight is 444 g/mol. The maximum absolute atomic E-state index is 12.8. The number of carbonyl (C=O) groups is 3. The van der Waals surface area contributed by atoms with Gasteiger partial charge in [-0.1, -0.05) is 36.4 Å². The van der Waals surface area contributed by atoms with Crippen molar-refractivity contribution in [2.75, 3.05) is 17.7 Å². The molecule has 0 saturated heterocycles. The van der Waals surface area contributed by atoms with Gasteiger partial charge in [-0.2, -0.15) is 0 Å². The van der Waals surface area contributed by atoms with E-state index in [1.165, 1.54) is 6.92 Å². The lowest BCUT2D eigenvalue weighted by Gasteiger charge is -2.15. The molecule has 3 aromatic rings. The highest BCUT2D eigenvalue weighted by Crippen LogP contribution is 2.28. The SMILES string of the molecule is CC(=O)N(C)Cc1cccc(NC(=O)c2cccc(NC(=O)C3Cc4ccccc4O3)c2)c1. The van der Waals surface area contributed by atoms with Gasteiger partial charge in [-0.25, -0.2) is 0 Å². The summed E-state index contributed by atoms with van der Waals surface area (Å²) in [5.74, 6) is 0.136. The Morgan fingerprint density at radius 3 is 2.42 bits per heavy atom. The molecule has 1 aliphatic heterocycles. The van der Waals surface area contributed by atoms with Crippen LogP contribution in [0.25, 0.3) is 0 Å². The fraction of sp³-hybridized carbons (Fsp3) is 0.192. The molecule has 0 saturated carbocycles. The van der Waals surface area contributed by atoms with Gasteiger partial charge in [-0.05, 0) is 47.5 Å². The molecule has 0 radical (unpaired) electrons. The van der Waals surface area contributed by atoms with Crippen molar-refractivity contribution in [3.8, 4) is 5.75 Å². The van der Waals surface area contributed by atoms with Crippen molar-refractivity contribution >= 4 is 29.1 Å². The van der Waals surface area contributed by atoms with E-state index < -0.39 is 6.10 Å². The number of nitrogens with zero attached hydrogens (tertiary/aromatic N) is 1. The van der Waals surface area contributed by atoms with Gasteiger partial charge < -0.3 is 20.3 Å². The number of fused-ring (bicyclic) bond motifs is 1. The third-order valence-electron chi connectivity index (χ3n) is 5.47. The standard InChI is InChI=1S/C26H25N3O4/c1-17(30)29(2)16-18-7-5-10-21(13-18)27-25(31)20-9-6-11-22(14-20)28-26(32)24-15-19-8-3-4-12-23(19)33-24/h3-14,24H,15-16H2,1-2H3,(H,27,31)(H,28,32). The Hall–Kier alpha value is -4.13. The van der Waals surface area contributed by atoms with E-state index in [9.17, 15) is 14.4 Å². The molecule has 33 heavy (non-hydrogen) atoms. The van der Waals surface area contributed by atoms with Crippen LogP contribution in [0.1, 0.15) is 28.4 Å². The number of para-hydroxylation sites is 1. The Balaban J connectivity index is 1.39. The highest BCUT2D eigenvalue weighted by atomic mass is 16.5. The van der Waals surface area contributed by atoms with Crippen LogP contribution in [0.15, 0.2) is 72.8 Å². The minimum atomic E-state index is -0.601. The lowest BCUT2D eigenvalue weighted by molar-refractivity contribution is -0.128. The molecule has 168 valence electrons. The number of ether oxygens (including phenoxy) is 1. The second-order valence-electron chi connectivity index (χ2n) is 8.02. The molecule has 1 atom stereocenters. The van der Waals surface area contributed by atoms with Crippen LogP contribution in [0.3, 0.4) is 0 Å². The normalized spacial score (nSPS) is 14.1. The summed E-state index contributed by atoms with van der Waals surface area (Å²) in [6.45, 7) is 1.96. The number of benzene rings is 3. The zero-order valence-corrected chi connectivity index (χ0v) is 18.5. The Morgan fingerprint density at radius 2 is 1.67 bits per heavy atom. The van der Waals surface area contributed by atoms with Crippen molar-refractivity contribution in [2.45, 2.75) is 26.0 Å². The molecule has 3 amide bonds. The van der Waals surface area contributed by atoms with Crippen LogP contribution >= 0.6 is 0 Å². The van der Waals surface area contributed by atoms with Gasteiger partial charge in [-0.3, -0.25) is 14.4 Å². The molecule has 0 spiro atoms. The van der Waals surface area contributed by atoms with Gasteiger partial charge in [0.1, 0.15) is 5.75 Å². The first-order valence-electron chi connectivity index (χ1n) is 10.7. The van der Waals surface area contributed by atoms with E-state index in [2.05, 4.69) is 10.6 Å². The highest BCUT2D eigenvalue weighted by Gasteiger charge is 2.28. The maximum atomic E-state index is 12.8. The molecule has 3 aromatic carbocycles. The summed E-state index contributed by atoms with van der Waals surface area (Å²) in [6.07, 6.45) is -0.0899. The van der Waals surface area contributed by atoms with Crippen LogP contribution in [-0.2, 0) is 22.6 Å². The number of hydrogen-bond acceptors (Lipinski definition) is 4. The number of nitrogens with one attached hydrogen (secondary N) is 2. The molecule has 2 N–H and O–H groups in total. The lowest BCUT2D eigenvalue weighted by Crippen LogP contribution is -2.31. The predicted octanol–water partition coefficient (Wildman–Crippen LogP) is 3.86. The van der Waals surface area contributed by atoms with E-state index in [0.29, 0.717) is 29.9 Å². The van der Waals surface area contributed by atoms with Gasteiger partial charge in [0, 0.05) is 43.9 Å². The molecule has 0 aliphatic carbocycles. The zero-order valence-electron chi connectivity index (χ0n) is 18.5. The summed E-state index contributed by atoms with van der Waals surface area (Å²) in [7, 11) is 1.72. The van der Waals surface area contributed by atoms with E-state index in [4.69, 9.17) is 4.74 Å². The van der Waals surface area contributed by atoms with Crippen LogP contribution in [0.4, 0.5) is 11.4 Å². The molecule has 7 heteroatoms. The van der Waals surface area contributed by atoms with Gasteiger partial charge >= 0.3 is 0 Å². The zero-order chi connectivity index (χ0) is 23.4. The summed E-state index contributed by atoms with van der Waals surface area (Å²) in [5.41, 5.74) is 3.46. The third kappa shape index (κ3) is 5.38. The second kappa shape index (κ2) is 9.56. The molecule has 4 rings (SSSR count). The molecular weight excluding hydrogens is 418 g/mol.